The lowest BCUT2D eigenvalue weighted by atomic mass is 9.91. The lowest BCUT2D eigenvalue weighted by Gasteiger charge is -2.37. The average Bonchev–Trinajstić information content (AvgIpc) is 2.29. The SMILES string of the molecule is CC1=CC=C[C@@H]2Cc3ccccc3C(=O)N12. The molecule has 2 heteroatoms. The van der Waals surface area contributed by atoms with Gasteiger partial charge in [0.15, 0.2) is 0 Å². The van der Waals surface area contributed by atoms with E-state index >= 15 is 0 Å². The van der Waals surface area contributed by atoms with Crippen molar-refractivity contribution in [3.05, 3.63) is 59.3 Å². The number of carbonyl (C=O) groups excluding carboxylic acids is 1. The minimum atomic E-state index is 0.130. The summed E-state index contributed by atoms with van der Waals surface area (Å²) in [6, 6.07) is 8.09. The standard InChI is InChI=1S/C14H13NO/c1-10-5-4-7-12-9-11-6-2-3-8-13(11)14(16)15(10)12/h2-8,12H,9H2,1H3/t12-/m1/s1. The van der Waals surface area contributed by atoms with Crippen molar-refractivity contribution in [3.63, 3.8) is 0 Å². The molecule has 1 atom stereocenters. The smallest absolute Gasteiger partial charge is 0.258 e. The molecule has 1 aromatic rings. The van der Waals surface area contributed by atoms with E-state index in [4.69, 9.17) is 0 Å². The Morgan fingerprint density at radius 1 is 1.31 bits per heavy atom. The van der Waals surface area contributed by atoms with Crippen LogP contribution in [0.25, 0.3) is 0 Å². The molecule has 0 fully saturated rings. The molecule has 0 saturated heterocycles. The number of fused-ring (bicyclic) bond motifs is 2. The molecular weight excluding hydrogens is 198 g/mol. The Hall–Kier alpha value is -1.83. The zero-order chi connectivity index (χ0) is 11.1. The van der Waals surface area contributed by atoms with Crippen molar-refractivity contribution in [1.82, 2.24) is 4.90 Å². The topological polar surface area (TPSA) is 20.3 Å². The summed E-state index contributed by atoms with van der Waals surface area (Å²) in [5.41, 5.74) is 3.04. The van der Waals surface area contributed by atoms with Gasteiger partial charge >= 0.3 is 0 Å². The summed E-state index contributed by atoms with van der Waals surface area (Å²) in [5.74, 6) is 0.130. The molecule has 0 N–H and O–H groups in total. The first-order chi connectivity index (χ1) is 7.77. The Kier molecular flexibility index (Phi) is 1.96. The zero-order valence-electron chi connectivity index (χ0n) is 9.18. The average molecular weight is 211 g/mol. The normalized spacial score (nSPS) is 22.6. The lowest BCUT2D eigenvalue weighted by Crippen LogP contribution is -2.44. The molecule has 0 spiro atoms. The van der Waals surface area contributed by atoms with Crippen molar-refractivity contribution in [2.24, 2.45) is 0 Å². The predicted molar refractivity (Wildman–Crippen MR) is 63.0 cm³/mol. The van der Waals surface area contributed by atoms with Gasteiger partial charge in [-0.05, 0) is 31.1 Å². The van der Waals surface area contributed by atoms with Crippen LogP contribution in [0, 0.1) is 0 Å². The Morgan fingerprint density at radius 2 is 2.12 bits per heavy atom. The molecule has 0 saturated carbocycles. The van der Waals surface area contributed by atoms with Gasteiger partial charge in [0.1, 0.15) is 0 Å². The van der Waals surface area contributed by atoms with Crippen LogP contribution in [-0.2, 0) is 6.42 Å². The summed E-state index contributed by atoms with van der Waals surface area (Å²) in [6.45, 7) is 1.99. The third-order valence-electron chi connectivity index (χ3n) is 3.28. The number of amides is 1. The Morgan fingerprint density at radius 3 is 3.00 bits per heavy atom. The number of nitrogens with zero attached hydrogens (tertiary/aromatic N) is 1. The number of allylic oxidation sites excluding steroid dienone is 3. The van der Waals surface area contributed by atoms with E-state index < -0.39 is 0 Å². The molecular formula is C14H13NO. The molecule has 80 valence electrons. The van der Waals surface area contributed by atoms with E-state index in [1.807, 2.05) is 48.2 Å². The monoisotopic (exact) mass is 211 g/mol. The van der Waals surface area contributed by atoms with Crippen LogP contribution in [0.4, 0.5) is 0 Å². The van der Waals surface area contributed by atoms with Crippen molar-refractivity contribution in [2.75, 3.05) is 0 Å². The first kappa shape index (κ1) is 9.40. The second kappa shape index (κ2) is 3.34. The van der Waals surface area contributed by atoms with E-state index in [0.29, 0.717) is 0 Å². The summed E-state index contributed by atoms with van der Waals surface area (Å²) in [4.78, 5) is 14.2. The molecule has 3 rings (SSSR count). The molecule has 2 nitrogen and oxygen atoms in total. The number of benzene rings is 1. The van der Waals surface area contributed by atoms with Crippen LogP contribution in [0.5, 0.6) is 0 Å². The molecule has 1 amide bonds. The highest BCUT2D eigenvalue weighted by Crippen LogP contribution is 2.28. The van der Waals surface area contributed by atoms with Gasteiger partial charge in [0.05, 0.1) is 6.04 Å². The van der Waals surface area contributed by atoms with Crippen LogP contribution in [0.15, 0.2) is 48.2 Å². The summed E-state index contributed by atoms with van der Waals surface area (Å²) in [5, 5.41) is 0. The fourth-order valence-electron chi connectivity index (χ4n) is 2.48. The maximum Gasteiger partial charge on any atom is 0.258 e. The first-order valence-electron chi connectivity index (χ1n) is 5.54. The van der Waals surface area contributed by atoms with Crippen LogP contribution in [-0.4, -0.2) is 16.8 Å². The third kappa shape index (κ3) is 1.23. The van der Waals surface area contributed by atoms with E-state index in [-0.39, 0.29) is 11.9 Å². The van der Waals surface area contributed by atoms with Crippen molar-refractivity contribution >= 4 is 5.91 Å². The van der Waals surface area contributed by atoms with E-state index in [1.165, 1.54) is 0 Å². The van der Waals surface area contributed by atoms with Gasteiger partial charge in [-0.25, -0.2) is 0 Å². The highest BCUT2D eigenvalue weighted by Gasteiger charge is 2.32. The summed E-state index contributed by atoms with van der Waals surface area (Å²) >= 11 is 0. The van der Waals surface area contributed by atoms with Crippen LogP contribution in [0.1, 0.15) is 22.8 Å². The second-order valence-electron chi connectivity index (χ2n) is 4.30. The fraction of sp³-hybridized carbons (Fsp3) is 0.214. The van der Waals surface area contributed by atoms with Crippen molar-refractivity contribution < 1.29 is 4.79 Å². The van der Waals surface area contributed by atoms with E-state index in [1.54, 1.807) is 0 Å². The van der Waals surface area contributed by atoms with Gasteiger partial charge in [0.2, 0.25) is 0 Å². The molecule has 1 aromatic carbocycles. The predicted octanol–water partition coefficient (Wildman–Crippen LogP) is 2.53. The molecule has 0 aliphatic carbocycles. The summed E-state index contributed by atoms with van der Waals surface area (Å²) in [7, 11) is 0. The van der Waals surface area contributed by atoms with Crippen LogP contribution in [0.2, 0.25) is 0 Å². The van der Waals surface area contributed by atoms with Gasteiger partial charge in [0, 0.05) is 11.3 Å². The summed E-state index contributed by atoms with van der Waals surface area (Å²) < 4.78 is 0. The number of hydrogen-bond donors (Lipinski definition) is 0. The van der Waals surface area contributed by atoms with Gasteiger partial charge in [-0.2, -0.15) is 0 Å². The number of rotatable bonds is 0. The quantitative estimate of drug-likeness (QED) is 0.645. The van der Waals surface area contributed by atoms with Crippen LogP contribution in [0.3, 0.4) is 0 Å². The van der Waals surface area contributed by atoms with E-state index in [9.17, 15) is 4.79 Å². The van der Waals surface area contributed by atoms with E-state index in [0.717, 1.165) is 23.2 Å². The summed E-state index contributed by atoms with van der Waals surface area (Å²) in [6.07, 6.45) is 7.05. The van der Waals surface area contributed by atoms with E-state index in [2.05, 4.69) is 6.08 Å². The first-order valence-corrected chi connectivity index (χ1v) is 5.54. The molecule has 2 heterocycles. The fourth-order valence-corrected chi connectivity index (χ4v) is 2.48. The van der Waals surface area contributed by atoms with Crippen molar-refractivity contribution in [1.29, 1.82) is 0 Å². The van der Waals surface area contributed by atoms with Crippen molar-refractivity contribution in [3.8, 4) is 0 Å². The zero-order valence-corrected chi connectivity index (χ0v) is 9.18. The van der Waals surface area contributed by atoms with Gasteiger partial charge in [-0.15, -0.1) is 0 Å². The molecule has 0 aromatic heterocycles. The maximum absolute atomic E-state index is 12.3. The van der Waals surface area contributed by atoms with Crippen LogP contribution >= 0.6 is 0 Å². The lowest BCUT2D eigenvalue weighted by molar-refractivity contribution is 0.0751. The van der Waals surface area contributed by atoms with Crippen molar-refractivity contribution in [2.45, 2.75) is 19.4 Å². The molecule has 2 aliphatic rings. The second-order valence-corrected chi connectivity index (χ2v) is 4.30. The minimum Gasteiger partial charge on any atom is -0.305 e. The third-order valence-corrected chi connectivity index (χ3v) is 3.28. The molecule has 0 bridgehead atoms. The molecule has 0 radical (unpaired) electrons. The Labute approximate surface area is 94.9 Å². The number of carbonyl (C=O) groups is 1. The Balaban J connectivity index is 2.12. The molecule has 2 aliphatic heterocycles. The van der Waals surface area contributed by atoms with Gasteiger partial charge in [0.25, 0.3) is 5.91 Å². The largest absolute Gasteiger partial charge is 0.305 e. The van der Waals surface area contributed by atoms with Gasteiger partial charge < -0.3 is 4.90 Å². The van der Waals surface area contributed by atoms with Gasteiger partial charge in [-0.1, -0.05) is 30.4 Å². The van der Waals surface area contributed by atoms with Gasteiger partial charge in [-0.3, -0.25) is 4.79 Å². The van der Waals surface area contributed by atoms with Crippen LogP contribution < -0.4 is 0 Å². The Bertz CT molecular complexity index is 513. The number of hydrogen-bond acceptors (Lipinski definition) is 1. The maximum atomic E-state index is 12.3. The highest BCUT2D eigenvalue weighted by atomic mass is 16.2. The highest BCUT2D eigenvalue weighted by molar-refractivity contribution is 5.98. The molecule has 0 unspecified atom stereocenters. The molecule has 16 heavy (non-hydrogen) atoms. The minimum absolute atomic E-state index is 0.130.